The first kappa shape index (κ1) is 24.4. The van der Waals surface area contributed by atoms with Crippen LogP contribution in [0.15, 0.2) is 65.5 Å². The van der Waals surface area contributed by atoms with Crippen LogP contribution in [-0.4, -0.2) is 45.2 Å². The lowest BCUT2D eigenvalue weighted by atomic mass is 10.0. The Bertz CT molecular complexity index is 1510. The fourth-order valence-corrected chi connectivity index (χ4v) is 4.03. The molecule has 2 aromatic heterocycles. The van der Waals surface area contributed by atoms with Crippen molar-refractivity contribution in [1.82, 2.24) is 14.2 Å². The average Bonchev–Trinajstić information content (AvgIpc) is 3.27. The summed E-state index contributed by atoms with van der Waals surface area (Å²) in [6.45, 7) is 3.24. The Morgan fingerprint density at radius 3 is 2.03 bits per heavy atom. The van der Waals surface area contributed by atoms with E-state index in [0.717, 1.165) is 10.1 Å². The summed E-state index contributed by atoms with van der Waals surface area (Å²) >= 11 is 0. The van der Waals surface area contributed by atoms with E-state index in [0.29, 0.717) is 5.56 Å². The minimum absolute atomic E-state index is 0.00511. The van der Waals surface area contributed by atoms with Crippen molar-refractivity contribution in [1.29, 1.82) is 0 Å². The van der Waals surface area contributed by atoms with Crippen molar-refractivity contribution in [2.45, 2.75) is 20.4 Å². The number of aromatic nitrogens is 3. The monoisotopic (exact) mass is 488 g/mol. The molecule has 4 aromatic rings. The first-order chi connectivity index (χ1) is 17.4. The number of hydrogen-bond donors (Lipinski definition) is 1. The van der Waals surface area contributed by atoms with Crippen LogP contribution in [0.4, 0.5) is 0 Å². The zero-order chi connectivity index (χ0) is 25.8. The van der Waals surface area contributed by atoms with E-state index in [1.165, 1.54) is 4.57 Å². The molecule has 36 heavy (non-hydrogen) atoms. The largest absolute Gasteiger partial charge is 0.462 e. The molecule has 0 radical (unpaired) electrons. The van der Waals surface area contributed by atoms with E-state index in [4.69, 9.17) is 15.2 Å². The molecule has 4 rings (SSSR count). The van der Waals surface area contributed by atoms with Crippen molar-refractivity contribution in [2.24, 2.45) is 5.73 Å². The second-order valence-corrected chi connectivity index (χ2v) is 7.73. The van der Waals surface area contributed by atoms with Crippen molar-refractivity contribution in [2.75, 3.05) is 13.2 Å². The van der Waals surface area contributed by atoms with E-state index in [9.17, 15) is 19.2 Å². The maximum Gasteiger partial charge on any atom is 0.359 e. The zero-order valence-electron chi connectivity index (χ0n) is 19.8. The molecule has 2 N–H and O–H groups in total. The maximum absolute atomic E-state index is 13.8. The molecule has 0 saturated heterocycles. The van der Waals surface area contributed by atoms with Crippen LogP contribution in [0.25, 0.3) is 16.8 Å². The van der Waals surface area contributed by atoms with Gasteiger partial charge in [-0.25, -0.2) is 14.4 Å². The number of hydrogen-bond acceptors (Lipinski definition) is 7. The highest BCUT2D eigenvalue weighted by molar-refractivity contribution is 6.14. The van der Waals surface area contributed by atoms with Gasteiger partial charge in [0.05, 0.1) is 31.0 Å². The topological polar surface area (TPSA) is 135 Å². The molecule has 0 aliphatic heterocycles. The number of amides is 1. The minimum Gasteiger partial charge on any atom is -0.462 e. The molecule has 2 aromatic carbocycles. The molecule has 1 amide bonds. The predicted molar refractivity (Wildman–Crippen MR) is 131 cm³/mol. The summed E-state index contributed by atoms with van der Waals surface area (Å²) in [4.78, 5) is 52.5. The van der Waals surface area contributed by atoms with Gasteiger partial charge in [-0.15, -0.1) is 0 Å². The summed E-state index contributed by atoms with van der Waals surface area (Å²) in [5, 5.41) is 4.11. The van der Waals surface area contributed by atoms with Gasteiger partial charge in [0.15, 0.2) is 5.69 Å². The molecular formula is C26H24N4O6. The van der Waals surface area contributed by atoms with Gasteiger partial charge in [0.25, 0.3) is 5.91 Å². The summed E-state index contributed by atoms with van der Waals surface area (Å²) in [6.07, 6.45) is 0. The highest BCUT2D eigenvalue weighted by atomic mass is 16.5. The quantitative estimate of drug-likeness (QED) is 0.377. The van der Waals surface area contributed by atoms with Crippen LogP contribution < -0.4 is 11.4 Å². The zero-order valence-corrected chi connectivity index (χ0v) is 19.8. The third-order valence-electron chi connectivity index (χ3n) is 5.47. The number of rotatable bonds is 8. The smallest absolute Gasteiger partial charge is 0.359 e. The molecule has 10 nitrogen and oxygen atoms in total. The normalized spacial score (nSPS) is 10.8. The molecule has 0 unspecified atom stereocenters. The number of esters is 2. The van der Waals surface area contributed by atoms with E-state index in [1.54, 1.807) is 44.2 Å². The van der Waals surface area contributed by atoms with Gasteiger partial charge < -0.3 is 15.2 Å². The molecule has 0 bridgehead atoms. The number of carbonyl (C=O) groups is 3. The fourth-order valence-electron chi connectivity index (χ4n) is 4.03. The van der Waals surface area contributed by atoms with Gasteiger partial charge in [0.2, 0.25) is 0 Å². The summed E-state index contributed by atoms with van der Waals surface area (Å²) in [5.41, 5.74) is 5.48. The van der Waals surface area contributed by atoms with Crippen LogP contribution in [0.2, 0.25) is 0 Å². The van der Waals surface area contributed by atoms with Crippen molar-refractivity contribution < 1.29 is 23.9 Å². The number of fused-ring (bicyclic) bond motifs is 1. The van der Waals surface area contributed by atoms with Crippen LogP contribution in [-0.2, 0) is 16.0 Å². The number of carbonyl (C=O) groups excluding carboxylic acids is 3. The Labute approximate surface area is 205 Å². The molecule has 184 valence electrons. The van der Waals surface area contributed by atoms with E-state index >= 15 is 0 Å². The summed E-state index contributed by atoms with van der Waals surface area (Å²) in [5.74, 6) is -2.78. The average molecular weight is 489 g/mol. The lowest BCUT2D eigenvalue weighted by Crippen LogP contribution is -2.33. The van der Waals surface area contributed by atoms with Crippen LogP contribution in [0, 0.1) is 0 Å². The van der Waals surface area contributed by atoms with Crippen molar-refractivity contribution in [3.63, 3.8) is 0 Å². The Morgan fingerprint density at radius 2 is 1.44 bits per heavy atom. The van der Waals surface area contributed by atoms with E-state index in [1.807, 2.05) is 30.3 Å². The van der Waals surface area contributed by atoms with Gasteiger partial charge in [0, 0.05) is 0 Å². The highest BCUT2D eigenvalue weighted by Gasteiger charge is 2.33. The number of nitrogens with zero attached hydrogens (tertiary/aromatic N) is 3. The Balaban J connectivity index is 2.19. The number of nitrogens with two attached hydrogens (primary N) is 1. The van der Waals surface area contributed by atoms with Crippen LogP contribution in [0.3, 0.4) is 0 Å². The van der Waals surface area contributed by atoms with Gasteiger partial charge in [-0.3, -0.25) is 9.36 Å². The molecule has 0 aliphatic carbocycles. The third kappa shape index (κ3) is 4.36. The van der Waals surface area contributed by atoms with Crippen molar-refractivity contribution >= 4 is 23.4 Å². The summed E-state index contributed by atoms with van der Waals surface area (Å²) in [7, 11) is 0. The lowest BCUT2D eigenvalue weighted by Gasteiger charge is -2.18. The van der Waals surface area contributed by atoms with E-state index in [2.05, 4.69) is 5.10 Å². The van der Waals surface area contributed by atoms with Gasteiger partial charge in [-0.2, -0.15) is 9.61 Å². The predicted octanol–water partition coefficient (Wildman–Crippen LogP) is 2.66. The van der Waals surface area contributed by atoms with Gasteiger partial charge in [-0.05, 0) is 25.0 Å². The van der Waals surface area contributed by atoms with Crippen molar-refractivity contribution in [3.05, 3.63) is 93.5 Å². The second-order valence-electron chi connectivity index (χ2n) is 7.73. The molecule has 0 fully saturated rings. The summed E-state index contributed by atoms with van der Waals surface area (Å²) < 4.78 is 12.4. The lowest BCUT2D eigenvalue weighted by molar-refractivity contribution is 0.0476. The first-order valence-corrected chi connectivity index (χ1v) is 11.3. The minimum atomic E-state index is -0.935. The molecule has 0 aliphatic rings. The molecule has 2 heterocycles. The SMILES string of the molecule is CCOC(=O)c1nn2c(=O)n(Cc3ccccc3)c(-c3ccccc3)c(C(N)=O)c2c1C(=O)OCC. The fraction of sp³-hybridized carbons (Fsp3) is 0.192. The Hall–Kier alpha value is -4.73. The maximum atomic E-state index is 13.8. The van der Waals surface area contributed by atoms with Crippen LogP contribution in [0.1, 0.15) is 50.6 Å². The van der Waals surface area contributed by atoms with E-state index < -0.39 is 29.2 Å². The molecule has 10 heteroatoms. The van der Waals surface area contributed by atoms with Crippen LogP contribution >= 0.6 is 0 Å². The third-order valence-corrected chi connectivity index (χ3v) is 5.47. The van der Waals surface area contributed by atoms with E-state index in [-0.39, 0.29) is 42.1 Å². The van der Waals surface area contributed by atoms with Gasteiger partial charge in [-0.1, -0.05) is 60.7 Å². The van der Waals surface area contributed by atoms with Gasteiger partial charge in [0.1, 0.15) is 11.1 Å². The summed E-state index contributed by atoms with van der Waals surface area (Å²) in [6, 6.07) is 17.8. The Kier molecular flexibility index (Phi) is 6.95. The number of primary amides is 1. The van der Waals surface area contributed by atoms with Gasteiger partial charge >= 0.3 is 17.6 Å². The standard InChI is InChI=1S/C26H24N4O6/c1-3-35-24(32)18-20(25(33)36-4-2)28-30-22(18)19(23(27)31)21(17-13-9-6-10-14-17)29(26(30)34)15-16-11-7-5-8-12-16/h5-14H,3-4,15H2,1-2H3,(H2,27,31). The molecule has 0 atom stereocenters. The Morgan fingerprint density at radius 1 is 0.861 bits per heavy atom. The number of ether oxygens (including phenoxy) is 2. The molecule has 0 spiro atoms. The van der Waals surface area contributed by atoms with Crippen molar-refractivity contribution in [3.8, 4) is 11.3 Å². The molecule has 0 saturated carbocycles. The highest BCUT2D eigenvalue weighted by Crippen LogP contribution is 2.30. The second kappa shape index (κ2) is 10.3. The van der Waals surface area contributed by atoms with Crippen LogP contribution in [0.5, 0.6) is 0 Å². The molecular weight excluding hydrogens is 464 g/mol. The number of benzene rings is 2. The first-order valence-electron chi connectivity index (χ1n) is 11.3.